The minimum atomic E-state index is -0.734. The van der Waals surface area contributed by atoms with Crippen molar-refractivity contribution in [2.24, 2.45) is 0 Å². The van der Waals surface area contributed by atoms with E-state index in [1.165, 1.54) is 31.5 Å². The number of hydrogen-bond acceptors (Lipinski definition) is 4. The molecule has 3 aromatic rings. The smallest absolute Gasteiger partial charge is 0.274 e. The quantitative estimate of drug-likeness (QED) is 0.714. The largest absolute Gasteiger partial charge is 0.495 e. The second kappa shape index (κ2) is 7.60. The Kier molecular flexibility index (Phi) is 5.07. The Balaban J connectivity index is 1.82. The van der Waals surface area contributed by atoms with Crippen LogP contribution < -0.4 is 15.4 Å². The molecule has 0 bridgehead atoms. The first-order chi connectivity index (χ1) is 12.6. The number of rotatable bonds is 5. The van der Waals surface area contributed by atoms with Gasteiger partial charge in [-0.3, -0.25) is 9.78 Å². The van der Waals surface area contributed by atoms with E-state index in [0.717, 1.165) is 12.1 Å². The zero-order chi connectivity index (χ0) is 18.5. The Morgan fingerprint density at radius 2 is 1.77 bits per heavy atom. The molecule has 132 valence electrons. The molecule has 1 aromatic heterocycles. The molecule has 0 aliphatic carbocycles. The van der Waals surface area contributed by atoms with Crippen LogP contribution in [0.15, 0.2) is 60.8 Å². The number of carbonyl (C=O) groups excluding carboxylic acids is 1. The summed E-state index contributed by atoms with van der Waals surface area (Å²) in [5.74, 6) is -1.45. The molecule has 0 aliphatic heterocycles. The Labute approximate surface area is 148 Å². The Bertz CT molecular complexity index is 927. The van der Waals surface area contributed by atoms with Gasteiger partial charge in [-0.15, -0.1) is 0 Å². The van der Waals surface area contributed by atoms with Crippen molar-refractivity contribution in [1.82, 2.24) is 4.98 Å². The third kappa shape index (κ3) is 3.77. The zero-order valence-corrected chi connectivity index (χ0v) is 13.8. The van der Waals surface area contributed by atoms with Gasteiger partial charge in [0.15, 0.2) is 0 Å². The standard InChI is InChI=1S/C19H15F2N3O2/c1-26-17-8-3-2-7-15(17)24-19(25)16-11-12(9-10-22-16)23-18-13(20)5-4-6-14(18)21/h2-11H,1H3,(H,22,23)(H,24,25). The molecule has 0 saturated carbocycles. The summed E-state index contributed by atoms with van der Waals surface area (Å²) >= 11 is 0. The molecule has 2 N–H and O–H groups in total. The number of pyridine rings is 1. The number of hydrogen-bond donors (Lipinski definition) is 2. The second-order valence-electron chi connectivity index (χ2n) is 5.31. The van der Waals surface area contributed by atoms with Crippen LogP contribution in [0, 0.1) is 11.6 Å². The minimum absolute atomic E-state index is 0.0812. The molecule has 0 radical (unpaired) electrons. The third-order valence-corrected chi connectivity index (χ3v) is 3.58. The summed E-state index contributed by atoms with van der Waals surface area (Å²) in [6, 6.07) is 13.4. The molecule has 26 heavy (non-hydrogen) atoms. The molecule has 1 amide bonds. The number of ether oxygens (including phenoxy) is 1. The minimum Gasteiger partial charge on any atom is -0.495 e. The van der Waals surface area contributed by atoms with E-state index < -0.39 is 17.5 Å². The topological polar surface area (TPSA) is 63.2 Å². The van der Waals surface area contributed by atoms with Crippen molar-refractivity contribution in [1.29, 1.82) is 0 Å². The summed E-state index contributed by atoms with van der Waals surface area (Å²) in [5, 5.41) is 5.32. The highest BCUT2D eigenvalue weighted by Gasteiger charge is 2.13. The lowest BCUT2D eigenvalue weighted by Crippen LogP contribution is -2.14. The number of aromatic nitrogens is 1. The van der Waals surface area contributed by atoms with Crippen molar-refractivity contribution in [2.45, 2.75) is 0 Å². The normalized spacial score (nSPS) is 10.3. The fourth-order valence-electron chi connectivity index (χ4n) is 2.33. The maximum absolute atomic E-state index is 13.8. The van der Waals surface area contributed by atoms with Gasteiger partial charge >= 0.3 is 0 Å². The molecule has 0 atom stereocenters. The highest BCUT2D eigenvalue weighted by Crippen LogP contribution is 2.25. The number of anilines is 3. The molecular weight excluding hydrogens is 340 g/mol. The number of nitrogens with one attached hydrogen (secondary N) is 2. The van der Waals surface area contributed by atoms with Crippen LogP contribution in [0.5, 0.6) is 5.75 Å². The number of amides is 1. The van der Waals surface area contributed by atoms with Crippen molar-refractivity contribution in [3.8, 4) is 5.75 Å². The van der Waals surface area contributed by atoms with Gasteiger partial charge < -0.3 is 15.4 Å². The summed E-state index contributed by atoms with van der Waals surface area (Å²) in [4.78, 5) is 16.4. The number of nitrogens with zero attached hydrogens (tertiary/aromatic N) is 1. The van der Waals surface area contributed by atoms with Crippen LogP contribution in [0.4, 0.5) is 25.8 Å². The molecule has 0 unspecified atom stereocenters. The number of halogens is 2. The van der Waals surface area contributed by atoms with Crippen molar-refractivity contribution in [3.63, 3.8) is 0 Å². The van der Waals surface area contributed by atoms with Crippen molar-refractivity contribution >= 4 is 23.0 Å². The van der Waals surface area contributed by atoms with E-state index in [1.54, 1.807) is 24.3 Å². The maximum Gasteiger partial charge on any atom is 0.274 e. The van der Waals surface area contributed by atoms with E-state index in [2.05, 4.69) is 15.6 Å². The number of carbonyl (C=O) groups is 1. The fraction of sp³-hybridized carbons (Fsp3) is 0.0526. The van der Waals surface area contributed by atoms with E-state index in [1.807, 2.05) is 0 Å². The Morgan fingerprint density at radius 1 is 1.04 bits per heavy atom. The van der Waals surface area contributed by atoms with Gasteiger partial charge in [0.05, 0.1) is 12.8 Å². The molecule has 2 aromatic carbocycles. The van der Waals surface area contributed by atoms with Gasteiger partial charge in [-0.1, -0.05) is 18.2 Å². The van der Waals surface area contributed by atoms with Gasteiger partial charge in [0.2, 0.25) is 0 Å². The molecule has 7 heteroatoms. The van der Waals surface area contributed by atoms with Crippen molar-refractivity contribution in [3.05, 3.63) is 78.1 Å². The zero-order valence-electron chi connectivity index (χ0n) is 13.8. The lowest BCUT2D eigenvalue weighted by Gasteiger charge is -2.11. The lowest BCUT2D eigenvalue weighted by molar-refractivity contribution is 0.102. The molecule has 0 fully saturated rings. The summed E-state index contributed by atoms with van der Waals surface area (Å²) in [6.07, 6.45) is 1.37. The molecule has 1 heterocycles. The van der Waals surface area contributed by atoms with Gasteiger partial charge in [-0.25, -0.2) is 8.78 Å². The molecule has 3 rings (SSSR count). The molecular formula is C19H15F2N3O2. The SMILES string of the molecule is COc1ccccc1NC(=O)c1cc(Nc2c(F)cccc2F)ccn1. The Hall–Kier alpha value is -3.48. The predicted molar refractivity (Wildman–Crippen MR) is 94.8 cm³/mol. The second-order valence-corrected chi connectivity index (χ2v) is 5.31. The Morgan fingerprint density at radius 3 is 2.50 bits per heavy atom. The number of benzene rings is 2. The highest BCUT2D eigenvalue weighted by atomic mass is 19.1. The van der Waals surface area contributed by atoms with Crippen LogP contribution in [0.3, 0.4) is 0 Å². The van der Waals surface area contributed by atoms with Gasteiger partial charge in [0.25, 0.3) is 5.91 Å². The van der Waals surface area contributed by atoms with E-state index in [9.17, 15) is 13.6 Å². The number of methoxy groups -OCH3 is 1. The monoisotopic (exact) mass is 355 g/mol. The van der Waals surface area contributed by atoms with E-state index >= 15 is 0 Å². The van der Waals surface area contributed by atoms with E-state index in [0.29, 0.717) is 17.1 Å². The van der Waals surface area contributed by atoms with Crippen LogP contribution in [0.1, 0.15) is 10.5 Å². The van der Waals surface area contributed by atoms with Crippen molar-refractivity contribution in [2.75, 3.05) is 17.7 Å². The van der Waals surface area contributed by atoms with Gasteiger partial charge in [-0.2, -0.15) is 0 Å². The predicted octanol–water partition coefficient (Wildman–Crippen LogP) is 4.36. The first-order valence-electron chi connectivity index (χ1n) is 7.70. The van der Waals surface area contributed by atoms with Gasteiger partial charge in [0.1, 0.15) is 28.8 Å². The average Bonchev–Trinajstić information content (AvgIpc) is 2.65. The van der Waals surface area contributed by atoms with Crippen LogP contribution in [0.25, 0.3) is 0 Å². The van der Waals surface area contributed by atoms with Crippen LogP contribution in [0.2, 0.25) is 0 Å². The third-order valence-electron chi connectivity index (χ3n) is 3.58. The van der Waals surface area contributed by atoms with Gasteiger partial charge in [0, 0.05) is 11.9 Å². The molecule has 0 saturated heterocycles. The average molecular weight is 355 g/mol. The van der Waals surface area contributed by atoms with Crippen molar-refractivity contribution < 1.29 is 18.3 Å². The summed E-state index contributed by atoms with van der Waals surface area (Å²) in [7, 11) is 1.50. The summed E-state index contributed by atoms with van der Waals surface area (Å²) in [6.45, 7) is 0. The van der Waals surface area contributed by atoms with Crippen LogP contribution >= 0.6 is 0 Å². The van der Waals surface area contributed by atoms with E-state index in [-0.39, 0.29) is 11.4 Å². The highest BCUT2D eigenvalue weighted by molar-refractivity contribution is 6.04. The molecule has 0 spiro atoms. The maximum atomic E-state index is 13.8. The summed E-state index contributed by atoms with van der Waals surface area (Å²) < 4.78 is 32.7. The number of para-hydroxylation sites is 3. The van der Waals surface area contributed by atoms with Gasteiger partial charge in [-0.05, 0) is 36.4 Å². The molecule has 0 aliphatic rings. The lowest BCUT2D eigenvalue weighted by atomic mass is 10.2. The summed E-state index contributed by atoms with van der Waals surface area (Å²) in [5.41, 5.74) is 0.599. The van der Waals surface area contributed by atoms with Crippen LogP contribution in [-0.2, 0) is 0 Å². The molecule has 5 nitrogen and oxygen atoms in total. The van der Waals surface area contributed by atoms with Crippen LogP contribution in [-0.4, -0.2) is 18.0 Å². The first kappa shape index (κ1) is 17.3. The van der Waals surface area contributed by atoms with E-state index in [4.69, 9.17) is 4.74 Å². The fourth-order valence-corrected chi connectivity index (χ4v) is 2.33. The first-order valence-corrected chi connectivity index (χ1v) is 7.70.